The minimum atomic E-state index is -0.380. The lowest BCUT2D eigenvalue weighted by molar-refractivity contribution is -0.121. The van der Waals surface area contributed by atoms with Crippen LogP contribution in [0.15, 0.2) is 0 Å². The van der Waals surface area contributed by atoms with Crippen LogP contribution in [-0.2, 0) is 9.53 Å². The lowest BCUT2D eigenvalue weighted by Crippen LogP contribution is -2.37. The molecule has 1 unspecified atom stereocenters. The van der Waals surface area contributed by atoms with Crippen LogP contribution in [0.2, 0.25) is 0 Å². The van der Waals surface area contributed by atoms with E-state index in [4.69, 9.17) is 10.5 Å². The van der Waals surface area contributed by atoms with Gasteiger partial charge in [0.05, 0.1) is 19.3 Å². The molecule has 0 aromatic carbocycles. The molecular formula is C9H21N3O2. The van der Waals surface area contributed by atoms with E-state index >= 15 is 0 Å². The number of ether oxygens (including phenoxy) is 1. The van der Waals surface area contributed by atoms with Gasteiger partial charge in [0.15, 0.2) is 0 Å². The van der Waals surface area contributed by atoms with Gasteiger partial charge in [0.1, 0.15) is 0 Å². The van der Waals surface area contributed by atoms with E-state index in [9.17, 15) is 4.79 Å². The van der Waals surface area contributed by atoms with E-state index in [-0.39, 0.29) is 11.9 Å². The average Bonchev–Trinajstić information content (AvgIpc) is 2.21. The minimum absolute atomic E-state index is 0.0903. The van der Waals surface area contributed by atoms with Crippen LogP contribution in [0.5, 0.6) is 0 Å². The number of nitrogens with two attached hydrogens (primary N) is 1. The summed E-state index contributed by atoms with van der Waals surface area (Å²) < 4.78 is 5.01. The zero-order valence-corrected chi connectivity index (χ0v) is 9.01. The van der Waals surface area contributed by atoms with Crippen LogP contribution in [0.4, 0.5) is 0 Å². The van der Waals surface area contributed by atoms with E-state index in [1.807, 2.05) is 6.92 Å². The van der Waals surface area contributed by atoms with Crippen molar-refractivity contribution in [2.75, 3.05) is 32.8 Å². The summed E-state index contributed by atoms with van der Waals surface area (Å²) in [6.07, 6.45) is 0. The van der Waals surface area contributed by atoms with Gasteiger partial charge in [-0.2, -0.15) is 0 Å². The predicted molar refractivity (Wildman–Crippen MR) is 56.0 cm³/mol. The Labute approximate surface area is 85.4 Å². The van der Waals surface area contributed by atoms with Crippen LogP contribution < -0.4 is 16.4 Å². The number of carbonyl (C=O) groups excluding carboxylic acids is 1. The van der Waals surface area contributed by atoms with Crippen molar-refractivity contribution in [1.29, 1.82) is 0 Å². The topological polar surface area (TPSA) is 76.4 Å². The van der Waals surface area contributed by atoms with Crippen LogP contribution in [0.1, 0.15) is 13.8 Å². The van der Waals surface area contributed by atoms with Gasteiger partial charge in [-0.15, -0.1) is 0 Å². The summed E-state index contributed by atoms with van der Waals surface area (Å²) in [6.45, 7) is 8.01. The zero-order chi connectivity index (χ0) is 10.8. The minimum Gasteiger partial charge on any atom is -0.379 e. The summed E-state index contributed by atoms with van der Waals surface area (Å²) in [7, 11) is 0. The van der Waals surface area contributed by atoms with Gasteiger partial charge in [0, 0.05) is 19.6 Å². The molecule has 5 heteroatoms. The molecule has 0 saturated carbocycles. The molecule has 1 atom stereocenters. The van der Waals surface area contributed by atoms with Crippen molar-refractivity contribution >= 4 is 5.91 Å². The summed E-state index contributed by atoms with van der Waals surface area (Å²) in [5.41, 5.74) is 5.21. The number of amides is 1. The van der Waals surface area contributed by atoms with Gasteiger partial charge in [-0.3, -0.25) is 4.79 Å². The lowest BCUT2D eigenvalue weighted by Gasteiger charge is -2.10. The molecular weight excluding hydrogens is 182 g/mol. The first-order chi connectivity index (χ1) is 6.68. The van der Waals surface area contributed by atoms with Crippen molar-refractivity contribution in [3.8, 4) is 0 Å². The molecule has 0 aromatic heterocycles. The smallest absolute Gasteiger partial charge is 0.236 e. The highest BCUT2D eigenvalue weighted by molar-refractivity contribution is 5.80. The normalized spacial score (nSPS) is 17.6. The third-order valence-corrected chi connectivity index (χ3v) is 1.61. The van der Waals surface area contributed by atoms with Crippen LogP contribution in [0.3, 0.4) is 0 Å². The van der Waals surface area contributed by atoms with E-state index in [2.05, 4.69) is 10.6 Å². The molecule has 1 amide bonds. The second kappa shape index (κ2) is 8.93. The number of hydrogen-bond donors (Lipinski definition) is 3. The molecule has 1 saturated heterocycles. The van der Waals surface area contributed by atoms with Crippen molar-refractivity contribution < 1.29 is 9.53 Å². The molecule has 1 fully saturated rings. The van der Waals surface area contributed by atoms with E-state index < -0.39 is 0 Å². The third-order valence-electron chi connectivity index (χ3n) is 1.61. The van der Waals surface area contributed by atoms with Crippen LogP contribution in [0, 0.1) is 0 Å². The van der Waals surface area contributed by atoms with Gasteiger partial charge < -0.3 is 21.1 Å². The Hall–Kier alpha value is -0.650. The Bertz CT molecular complexity index is 135. The Morgan fingerprint density at radius 3 is 2.29 bits per heavy atom. The van der Waals surface area contributed by atoms with E-state index in [1.165, 1.54) is 0 Å². The molecule has 84 valence electrons. The molecule has 0 radical (unpaired) electrons. The van der Waals surface area contributed by atoms with Gasteiger partial charge in [0.25, 0.3) is 0 Å². The average molecular weight is 203 g/mol. The van der Waals surface area contributed by atoms with Crippen molar-refractivity contribution in [3.63, 3.8) is 0 Å². The van der Waals surface area contributed by atoms with Crippen LogP contribution in [0.25, 0.3) is 0 Å². The van der Waals surface area contributed by atoms with Gasteiger partial charge in [-0.25, -0.2) is 0 Å². The first-order valence-corrected chi connectivity index (χ1v) is 5.00. The molecule has 1 rings (SSSR count). The first kappa shape index (κ1) is 13.4. The molecule has 0 spiro atoms. The zero-order valence-electron chi connectivity index (χ0n) is 9.01. The van der Waals surface area contributed by atoms with E-state index in [0.717, 1.165) is 26.3 Å². The van der Waals surface area contributed by atoms with Gasteiger partial charge >= 0.3 is 0 Å². The monoisotopic (exact) mass is 203 g/mol. The summed E-state index contributed by atoms with van der Waals surface area (Å²) in [5, 5.41) is 5.74. The molecule has 5 nitrogen and oxygen atoms in total. The second-order valence-electron chi connectivity index (χ2n) is 3.05. The molecule has 4 N–H and O–H groups in total. The van der Waals surface area contributed by atoms with Crippen molar-refractivity contribution in [1.82, 2.24) is 10.6 Å². The van der Waals surface area contributed by atoms with Gasteiger partial charge in [0.2, 0.25) is 5.91 Å². The number of nitrogens with one attached hydrogen (secondary N) is 2. The fraction of sp³-hybridized carbons (Fsp3) is 0.889. The Morgan fingerprint density at radius 1 is 1.57 bits per heavy atom. The Balaban J connectivity index is 0.000000249. The highest BCUT2D eigenvalue weighted by Crippen LogP contribution is 1.76. The Kier molecular flexibility index (Phi) is 8.51. The number of carbonyl (C=O) groups is 1. The molecule has 14 heavy (non-hydrogen) atoms. The number of morpholine rings is 1. The van der Waals surface area contributed by atoms with Crippen molar-refractivity contribution in [2.45, 2.75) is 19.9 Å². The number of likely N-dealkylation sites (N-methyl/N-ethyl adjacent to an activating group) is 1. The van der Waals surface area contributed by atoms with Crippen molar-refractivity contribution in [2.24, 2.45) is 5.73 Å². The van der Waals surface area contributed by atoms with Gasteiger partial charge in [-0.1, -0.05) is 0 Å². The fourth-order valence-corrected chi connectivity index (χ4v) is 0.851. The summed E-state index contributed by atoms with van der Waals surface area (Å²) in [4.78, 5) is 10.5. The maximum Gasteiger partial charge on any atom is 0.236 e. The van der Waals surface area contributed by atoms with E-state index in [1.54, 1.807) is 6.92 Å². The quantitative estimate of drug-likeness (QED) is 0.542. The molecule has 0 aliphatic carbocycles. The molecule has 1 heterocycles. The maximum atomic E-state index is 10.5. The Morgan fingerprint density at radius 2 is 2.14 bits per heavy atom. The number of rotatable bonds is 2. The standard InChI is InChI=1S/C5H12N2O.C4H9NO/c1-3-7-5(8)4(2)6;1-3-6-4-2-5-1/h4H,3,6H2,1-2H3,(H,7,8);5H,1-4H2. The van der Waals surface area contributed by atoms with Gasteiger partial charge in [-0.05, 0) is 13.8 Å². The fourth-order valence-electron chi connectivity index (χ4n) is 0.851. The van der Waals surface area contributed by atoms with Crippen molar-refractivity contribution in [3.05, 3.63) is 0 Å². The first-order valence-electron chi connectivity index (χ1n) is 5.00. The summed E-state index contributed by atoms with van der Waals surface area (Å²) in [6, 6.07) is -0.380. The lowest BCUT2D eigenvalue weighted by atomic mass is 10.3. The highest BCUT2D eigenvalue weighted by Gasteiger charge is 2.02. The molecule has 0 bridgehead atoms. The van der Waals surface area contributed by atoms with Crippen LogP contribution >= 0.6 is 0 Å². The molecule has 0 aromatic rings. The predicted octanol–water partition coefficient (Wildman–Crippen LogP) is -0.924. The summed E-state index contributed by atoms with van der Waals surface area (Å²) in [5.74, 6) is -0.0903. The maximum absolute atomic E-state index is 10.5. The number of hydrogen-bond acceptors (Lipinski definition) is 4. The molecule has 1 aliphatic rings. The second-order valence-corrected chi connectivity index (χ2v) is 3.05. The van der Waals surface area contributed by atoms with Crippen LogP contribution in [-0.4, -0.2) is 44.8 Å². The summed E-state index contributed by atoms with van der Waals surface area (Å²) >= 11 is 0. The van der Waals surface area contributed by atoms with E-state index in [0.29, 0.717) is 6.54 Å². The third kappa shape index (κ3) is 7.97. The largest absolute Gasteiger partial charge is 0.379 e. The SMILES string of the molecule is C1COCCN1.CCNC(=O)C(C)N. The molecule has 1 aliphatic heterocycles. The highest BCUT2D eigenvalue weighted by atomic mass is 16.5.